The molecule has 0 aliphatic carbocycles. The lowest BCUT2D eigenvalue weighted by Gasteiger charge is -2.22. The van der Waals surface area contributed by atoms with Crippen molar-refractivity contribution in [3.05, 3.63) is 45.9 Å². The first-order valence-electron chi connectivity index (χ1n) is 8.05. The molecule has 0 radical (unpaired) electrons. The minimum Gasteiger partial charge on any atom is -0.395 e. The molecule has 1 aromatic heterocycles. The van der Waals surface area contributed by atoms with Gasteiger partial charge in [0.1, 0.15) is 0 Å². The molecule has 4 nitrogen and oxygen atoms in total. The van der Waals surface area contributed by atoms with Crippen LogP contribution >= 0.6 is 0 Å². The highest BCUT2D eigenvalue weighted by molar-refractivity contribution is 5.84. The molecule has 0 unspecified atom stereocenters. The number of aryl methyl sites for hydroxylation is 1. The van der Waals surface area contributed by atoms with E-state index in [2.05, 4.69) is 22.9 Å². The Balaban J connectivity index is 1.80. The zero-order valence-corrected chi connectivity index (χ0v) is 13.3. The van der Waals surface area contributed by atoms with E-state index >= 15 is 0 Å². The van der Waals surface area contributed by atoms with Gasteiger partial charge in [0.2, 0.25) is 0 Å². The lowest BCUT2D eigenvalue weighted by molar-refractivity contribution is 0.160. The molecule has 1 aromatic carbocycles. The number of hydrogen-bond acceptors (Lipinski definition) is 3. The summed E-state index contributed by atoms with van der Waals surface area (Å²) in [6.07, 6.45) is 1.87. The highest BCUT2D eigenvalue weighted by atomic mass is 16.3. The summed E-state index contributed by atoms with van der Waals surface area (Å²) in [5.41, 5.74) is 2.10. The van der Waals surface area contributed by atoms with E-state index in [-0.39, 0.29) is 18.2 Å². The third-order valence-electron chi connectivity index (χ3n) is 4.78. The molecule has 4 heteroatoms. The number of fused-ring (bicyclic) bond motifs is 1. The molecule has 0 amide bonds. The third-order valence-corrected chi connectivity index (χ3v) is 4.78. The van der Waals surface area contributed by atoms with Gasteiger partial charge < -0.3 is 10.1 Å². The summed E-state index contributed by atoms with van der Waals surface area (Å²) < 4.78 is 0. The standard InChI is InChI=1S/C18H24N2O2/c1-12-8-15(11-21)20(10-12)7-6-14-9-17-13(2)4-3-5-16(17)18(22)19-14/h3-5,9,12,15,21H,6-8,10-11H2,1-2H3,(H,19,22)/t12-,15+/m1/s1. The van der Waals surface area contributed by atoms with Crippen LogP contribution in [0, 0.1) is 12.8 Å². The molecular formula is C18H24N2O2. The highest BCUT2D eigenvalue weighted by Gasteiger charge is 2.28. The molecule has 0 spiro atoms. The normalized spacial score (nSPS) is 22.5. The number of pyridine rings is 1. The van der Waals surface area contributed by atoms with Crippen LogP contribution in [0.2, 0.25) is 0 Å². The first-order chi connectivity index (χ1) is 10.6. The first-order valence-corrected chi connectivity index (χ1v) is 8.05. The second kappa shape index (κ2) is 6.23. The molecule has 0 saturated carbocycles. The van der Waals surface area contributed by atoms with Crippen LogP contribution in [0.1, 0.15) is 24.6 Å². The van der Waals surface area contributed by atoms with E-state index < -0.39 is 0 Å². The van der Waals surface area contributed by atoms with E-state index in [9.17, 15) is 9.90 Å². The highest BCUT2D eigenvalue weighted by Crippen LogP contribution is 2.23. The van der Waals surface area contributed by atoms with Crippen LogP contribution in [0.25, 0.3) is 10.8 Å². The van der Waals surface area contributed by atoms with Crippen molar-refractivity contribution in [1.82, 2.24) is 9.88 Å². The van der Waals surface area contributed by atoms with Crippen LogP contribution < -0.4 is 5.56 Å². The van der Waals surface area contributed by atoms with Crippen LogP contribution in [0.5, 0.6) is 0 Å². The van der Waals surface area contributed by atoms with Gasteiger partial charge in [-0.05, 0) is 42.3 Å². The van der Waals surface area contributed by atoms with Gasteiger partial charge in [-0.25, -0.2) is 0 Å². The number of likely N-dealkylation sites (tertiary alicyclic amines) is 1. The lowest BCUT2D eigenvalue weighted by Crippen LogP contribution is -2.34. The van der Waals surface area contributed by atoms with Gasteiger partial charge in [-0.3, -0.25) is 9.69 Å². The average Bonchev–Trinajstić information content (AvgIpc) is 2.86. The van der Waals surface area contributed by atoms with Crippen LogP contribution in [0.4, 0.5) is 0 Å². The molecule has 1 fully saturated rings. The fourth-order valence-corrected chi connectivity index (χ4v) is 3.59. The summed E-state index contributed by atoms with van der Waals surface area (Å²) in [6.45, 7) is 6.39. The molecule has 2 aromatic rings. The molecule has 2 N–H and O–H groups in total. The summed E-state index contributed by atoms with van der Waals surface area (Å²) >= 11 is 0. The van der Waals surface area contributed by atoms with Crippen molar-refractivity contribution in [2.75, 3.05) is 19.7 Å². The zero-order chi connectivity index (χ0) is 15.7. The van der Waals surface area contributed by atoms with Crippen LogP contribution in [0.3, 0.4) is 0 Å². The quantitative estimate of drug-likeness (QED) is 0.909. The lowest BCUT2D eigenvalue weighted by atomic mass is 10.1. The second-order valence-electron chi connectivity index (χ2n) is 6.58. The predicted molar refractivity (Wildman–Crippen MR) is 89.2 cm³/mol. The van der Waals surface area contributed by atoms with Crippen LogP contribution in [-0.4, -0.2) is 40.7 Å². The van der Waals surface area contributed by atoms with Crippen molar-refractivity contribution in [3.63, 3.8) is 0 Å². The minimum atomic E-state index is -0.00954. The van der Waals surface area contributed by atoms with E-state index in [0.717, 1.165) is 48.0 Å². The maximum Gasteiger partial charge on any atom is 0.256 e. The fraction of sp³-hybridized carbons (Fsp3) is 0.500. The van der Waals surface area contributed by atoms with E-state index in [1.165, 1.54) is 0 Å². The molecule has 1 aliphatic heterocycles. The van der Waals surface area contributed by atoms with Crippen LogP contribution in [0.15, 0.2) is 29.1 Å². The third kappa shape index (κ3) is 2.94. The zero-order valence-electron chi connectivity index (χ0n) is 13.3. The number of nitrogens with one attached hydrogen (secondary N) is 1. The van der Waals surface area contributed by atoms with Crippen molar-refractivity contribution < 1.29 is 5.11 Å². The summed E-state index contributed by atoms with van der Waals surface area (Å²) in [5.74, 6) is 0.634. The van der Waals surface area contributed by atoms with Crippen molar-refractivity contribution in [2.24, 2.45) is 5.92 Å². The largest absolute Gasteiger partial charge is 0.395 e. The fourth-order valence-electron chi connectivity index (χ4n) is 3.59. The Morgan fingerprint density at radius 1 is 1.36 bits per heavy atom. The van der Waals surface area contributed by atoms with E-state index in [4.69, 9.17) is 0 Å². The number of rotatable bonds is 4. The maximum absolute atomic E-state index is 12.2. The molecular weight excluding hydrogens is 276 g/mol. The van der Waals surface area contributed by atoms with Gasteiger partial charge in [0.15, 0.2) is 0 Å². The number of aliphatic hydroxyl groups is 1. The van der Waals surface area contributed by atoms with Crippen LogP contribution in [-0.2, 0) is 6.42 Å². The number of benzene rings is 1. The Kier molecular flexibility index (Phi) is 4.32. The summed E-state index contributed by atoms with van der Waals surface area (Å²) in [5, 5.41) is 11.3. The van der Waals surface area contributed by atoms with E-state index in [0.29, 0.717) is 5.92 Å². The Bertz CT molecular complexity index is 723. The van der Waals surface area contributed by atoms with Gasteiger partial charge in [-0.2, -0.15) is 0 Å². The molecule has 22 heavy (non-hydrogen) atoms. The Hall–Kier alpha value is -1.65. The average molecular weight is 300 g/mol. The molecule has 2 heterocycles. The predicted octanol–water partition coefficient (Wildman–Crippen LogP) is 2.08. The number of nitrogens with zero attached hydrogens (tertiary/aromatic N) is 1. The Labute approximate surface area is 130 Å². The van der Waals surface area contributed by atoms with Crippen molar-refractivity contribution in [3.8, 4) is 0 Å². The summed E-state index contributed by atoms with van der Waals surface area (Å²) in [4.78, 5) is 17.6. The summed E-state index contributed by atoms with van der Waals surface area (Å²) in [6, 6.07) is 8.19. The Morgan fingerprint density at radius 2 is 2.18 bits per heavy atom. The molecule has 0 bridgehead atoms. The van der Waals surface area contributed by atoms with Crippen molar-refractivity contribution in [1.29, 1.82) is 0 Å². The van der Waals surface area contributed by atoms with Gasteiger partial charge in [-0.1, -0.05) is 19.1 Å². The first kappa shape index (κ1) is 15.3. The smallest absolute Gasteiger partial charge is 0.256 e. The van der Waals surface area contributed by atoms with Gasteiger partial charge in [0.25, 0.3) is 5.56 Å². The van der Waals surface area contributed by atoms with Crippen molar-refractivity contribution >= 4 is 10.8 Å². The molecule has 118 valence electrons. The number of hydrogen-bond donors (Lipinski definition) is 2. The SMILES string of the molecule is Cc1cccc2c(=O)[nH]c(CCN3C[C@H](C)C[C@H]3CO)cc12. The van der Waals surface area contributed by atoms with Gasteiger partial charge >= 0.3 is 0 Å². The summed E-state index contributed by atoms with van der Waals surface area (Å²) in [7, 11) is 0. The number of aliphatic hydroxyl groups excluding tert-OH is 1. The van der Waals surface area contributed by atoms with E-state index in [1.807, 2.05) is 25.1 Å². The molecule has 3 rings (SSSR count). The second-order valence-corrected chi connectivity index (χ2v) is 6.58. The minimum absolute atomic E-state index is 0.00954. The molecule has 1 saturated heterocycles. The monoisotopic (exact) mass is 300 g/mol. The molecule has 2 atom stereocenters. The van der Waals surface area contributed by atoms with Gasteiger partial charge in [0.05, 0.1) is 6.61 Å². The van der Waals surface area contributed by atoms with Crippen molar-refractivity contribution in [2.45, 2.75) is 32.7 Å². The van der Waals surface area contributed by atoms with Gasteiger partial charge in [0, 0.05) is 36.6 Å². The number of H-pyrrole nitrogens is 1. The number of aromatic nitrogens is 1. The van der Waals surface area contributed by atoms with Gasteiger partial charge in [-0.15, -0.1) is 0 Å². The van der Waals surface area contributed by atoms with E-state index in [1.54, 1.807) is 0 Å². The Morgan fingerprint density at radius 3 is 2.95 bits per heavy atom. The molecule has 1 aliphatic rings. The number of aromatic amines is 1. The topological polar surface area (TPSA) is 56.3 Å². The maximum atomic E-state index is 12.2.